The maximum Gasteiger partial charge on any atom is 0.244 e. The summed E-state index contributed by atoms with van der Waals surface area (Å²) in [6.45, 7) is 3.53. The van der Waals surface area contributed by atoms with Crippen LogP contribution < -0.4 is 15.4 Å². The van der Waals surface area contributed by atoms with Gasteiger partial charge in [-0.1, -0.05) is 36.4 Å². The van der Waals surface area contributed by atoms with Gasteiger partial charge in [0.1, 0.15) is 5.75 Å². The molecular formula is C20H23N5O. The first kappa shape index (κ1) is 17.7. The second-order valence-corrected chi connectivity index (χ2v) is 5.97. The van der Waals surface area contributed by atoms with Crippen molar-refractivity contribution in [3.05, 3.63) is 71.4 Å². The molecule has 1 heterocycles. The monoisotopic (exact) mass is 349 g/mol. The fourth-order valence-corrected chi connectivity index (χ4v) is 2.57. The standard InChI is InChI=1S/C20H23N5O/c1-15-5-3-4-6-17(15)13-22-20-24-19(14-23-25-20)21-12-11-16-7-9-18(26-2)10-8-16/h3-10,14H,11-13H2,1-2H3,(H2,21,22,24,25). The molecule has 0 atom stereocenters. The molecule has 134 valence electrons. The molecule has 3 rings (SSSR count). The van der Waals surface area contributed by atoms with Gasteiger partial charge in [0.2, 0.25) is 5.95 Å². The molecule has 6 nitrogen and oxygen atoms in total. The summed E-state index contributed by atoms with van der Waals surface area (Å²) in [5.74, 6) is 2.09. The number of nitrogens with zero attached hydrogens (tertiary/aromatic N) is 3. The van der Waals surface area contributed by atoms with Crippen molar-refractivity contribution in [3.8, 4) is 5.75 Å². The van der Waals surface area contributed by atoms with Crippen LogP contribution in [0, 0.1) is 6.92 Å². The van der Waals surface area contributed by atoms with E-state index in [9.17, 15) is 0 Å². The molecule has 1 aromatic heterocycles. The first-order valence-corrected chi connectivity index (χ1v) is 8.59. The third-order valence-electron chi connectivity index (χ3n) is 4.14. The minimum Gasteiger partial charge on any atom is -0.497 e. The number of anilines is 2. The fourth-order valence-electron chi connectivity index (χ4n) is 2.57. The van der Waals surface area contributed by atoms with Crippen molar-refractivity contribution in [3.63, 3.8) is 0 Å². The van der Waals surface area contributed by atoms with E-state index < -0.39 is 0 Å². The van der Waals surface area contributed by atoms with Gasteiger partial charge in [0.25, 0.3) is 0 Å². The highest BCUT2D eigenvalue weighted by atomic mass is 16.5. The molecule has 3 aromatic rings. The summed E-state index contributed by atoms with van der Waals surface area (Å²) in [5.41, 5.74) is 3.69. The van der Waals surface area contributed by atoms with Crippen LogP contribution in [0.2, 0.25) is 0 Å². The van der Waals surface area contributed by atoms with Gasteiger partial charge in [-0.2, -0.15) is 10.1 Å². The van der Waals surface area contributed by atoms with E-state index in [1.54, 1.807) is 13.3 Å². The van der Waals surface area contributed by atoms with Crippen LogP contribution in [0.1, 0.15) is 16.7 Å². The van der Waals surface area contributed by atoms with Crippen LogP contribution in [0.4, 0.5) is 11.8 Å². The van der Waals surface area contributed by atoms with Crippen LogP contribution >= 0.6 is 0 Å². The average molecular weight is 349 g/mol. The van der Waals surface area contributed by atoms with Gasteiger partial charge in [-0.05, 0) is 42.2 Å². The summed E-state index contributed by atoms with van der Waals surface area (Å²) in [5, 5.41) is 14.6. The van der Waals surface area contributed by atoms with Crippen LogP contribution in [0.25, 0.3) is 0 Å². The van der Waals surface area contributed by atoms with Crippen molar-refractivity contribution >= 4 is 11.8 Å². The molecule has 0 unspecified atom stereocenters. The highest BCUT2D eigenvalue weighted by Crippen LogP contribution is 2.12. The Morgan fingerprint density at radius 1 is 1.00 bits per heavy atom. The molecule has 2 N–H and O–H groups in total. The Bertz CT molecular complexity index is 836. The third kappa shape index (κ3) is 4.92. The quantitative estimate of drug-likeness (QED) is 0.649. The molecule has 0 radical (unpaired) electrons. The number of hydrogen-bond donors (Lipinski definition) is 2. The summed E-state index contributed by atoms with van der Waals surface area (Å²) < 4.78 is 5.17. The molecule has 0 saturated heterocycles. The number of rotatable bonds is 8. The zero-order chi connectivity index (χ0) is 18.2. The minimum atomic E-state index is 0.516. The molecule has 26 heavy (non-hydrogen) atoms. The topological polar surface area (TPSA) is 72.0 Å². The van der Waals surface area contributed by atoms with Crippen molar-refractivity contribution in [2.45, 2.75) is 19.9 Å². The van der Waals surface area contributed by atoms with Crippen molar-refractivity contribution in [1.82, 2.24) is 15.2 Å². The Morgan fingerprint density at radius 3 is 2.58 bits per heavy atom. The normalized spacial score (nSPS) is 10.4. The lowest BCUT2D eigenvalue weighted by Crippen LogP contribution is -2.10. The molecule has 0 saturated carbocycles. The van der Waals surface area contributed by atoms with Crippen LogP contribution in [-0.4, -0.2) is 28.8 Å². The minimum absolute atomic E-state index is 0.516. The van der Waals surface area contributed by atoms with Gasteiger partial charge in [-0.25, -0.2) is 0 Å². The highest BCUT2D eigenvalue weighted by molar-refractivity contribution is 5.38. The second kappa shape index (κ2) is 8.80. The predicted molar refractivity (Wildman–Crippen MR) is 104 cm³/mol. The van der Waals surface area contributed by atoms with Gasteiger partial charge in [0, 0.05) is 13.1 Å². The smallest absolute Gasteiger partial charge is 0.244 e. The van der Waals surface area contributed by atoms with Crippen molar-refractivity contribution in [2.75, 3.05) is 24.3 Å². The van der Waals surface area contributed by atoms with Crippen molar-refractivity contribution in [2.24, 2.45) is 0 Å². The van der Waals surface area contributed by atoms with E-state index in [1.807, 2.05) is 24.3 Å². The Labute approximate surface area is 153 Å². The van der Waals surface area contributed by atoms with Gasteiger partial charge >= 0.3 is 0 Å². The Balaban J connectivity index is 1.51. The summed E-state index contributed by atoms with van der Waals surface area (Å²) in [6.07, 6.45) is 2.52. The van der Waals surface area contributed by atoms with Gasteiger partial charge in [0.15, 0.2) is 5.82 Å². The van der Waals surface area contributed by atoms with Crippen molar-refractivity contribution < 1.29 is 4.74 Å². The molecule has 6 heteroatoms. The maximum absolute atomic E-state index is 5.17. The molecule has 0 fully saturated rings. The van der Waals surface area contributed by atoms with E-state index in [0.29, 0.717) is 18.3 Å². The van der Waals surface area contributed by atoms with Crippen LogP contribution in [0.15, 0.2) is 54.7 Å². The summed E-state index contributed by atoms with van der Waals surface area (Å²) >= 11 is 0. The van der Waals surface area contributed by atoms with E-state index in [-0.39, 0.29) is 0 Å². The zero-order valence-corrected chi connectivity index (χ0v) is 15.1. The fraction of sp³-hybridized carbons (Fsp3) is 0.250. The molecule has 0 amide bonds. The van der Waals surface area contributed by atoms with Crippen LogP contribution in [-0.2, 0) is 13.0 Å². The molecule has 0 spiro atoms. The number of aryl methyl sites for hydroxylation is 1. The zero-order valence-electron chi connectivity index (χ0n) is 15.1. The van der Waals surface area contributed by atoms with E-state index in [0.717, 1.165) is 18.7 Å². The number of ether oxygens (including phenoxy) is 1. The van der Waals surface area contributed by atoms with Gasteiger partial charge in [-0.15, -0.1) is 5.10 Å². The number of hydrogen-bond acceptors (Lipinski definition) is 6. The number of aromatic nitrogens is 3. The molecule has 0 bridgehead atoms. The summed E-state index contributed by atoms with van der Waals surface area (Å²) in [7, 11) is 1.67. The Morgan fingerprint density at radius 2 is 1.81 bits per heavy atom. The first-order chi connectivity index (χ1) is 12.7. The molecule has 2 aromatic carbocycles. The van der Waals surface area contributed by atoms with Crippen LogP contribution in [0.5, 0.6) is 5.75 Å². The van der Waals surface area contributed by atoms with Crippen molar-refractivity contribution in [1.29, 1.82) is 0 Å². The SMILES string of the molecule is COc1ccc(CCNc2cnnc(NCc3ccccc3C)n2)cc1. The molecule has 0 aliphatic carbocycles. The lowest BCUT2D eigenvalue weighted by atomic mass is 10.1. The Kier molecular flexibility index (Phi) is 5.98. The lowest BCUT2D eigenvalue weighted by molar-refractivity contribution is 0.414. The number of nitrogens with one attached hydrogen (secondary N) is 2. The predicted octanol–water partition coefficient (Wildman–Crippen LogP) is 3.46. The van der Waals surface area contributed by atoms with Gasteiger partial charge in [0.05, 0.1) is 13.3 Å². The van der Waals surface area contributed by atoms with Gasteiger partial charge in [-0.3, -0.25) is 0 Å². The van der Waals surface area contributed by atoms with E-state index in [2.05, 4.69) is 57.0 Å². The highest BCUT2D eigenvalue weighted by Gasteiger charge is 2.02. The second-order valence-electron chi connectivity index (χ2n) is 5.97. The molecule has 0 aliphatic heterocycles. The number of methoxy groups -OCH3 is 1. The third-order valence-corrected chi connectivity index (χ3v) is 4.14. The Hall–Kier alpha value is -3.15. The van der Waals surface area contributed by atoms with E-state index >= 15 is 0 Å². The molecular weight excluding hydrogens is 326 g/mol. The lowest BCUT2D eigenvalue weighted by Gasteiger charge is -2.09. The first-order valence-electron chi connectivity index (χ1n) is 8.59. The number of benzene rings is 2. The molecule has 0 aliphatic rings. The summed E-state index contributed by atoms with van der Waals surface area (Å²) in [4.78, 5) is 4.46. The maximum atomic E-state index is 5.17. The van der Waals surface area contributed by atoms with Crippen LogP contribution in [0.3, 0.4) is 0 Å². The van der Waals surface area contributed by atoms with E-state index in [1.165, 1.54) is 16.7 Å². The largest absolute Gasteiger partial charge is 0.497 e. The van der Waals surface area contributed by atoms with E-state index in [4.69, 9.17) is 4.74 Å². The summed E-state index contributed by atoms with van der Waals surface area (Å²) in [6, 6.07) is 16.3. The average Bonchev–Trinajstić information content (AvgIpc) is 2.68. The van der Waals surface area contributed by atoms with Gasteiger partial charge < -0.3 is 15.4 Å².